The molecule has 1 aliphatic heterocycles. The first-order valence-electron chi connectivity index (χ1n) is 10.6. The van der Waals surface area contributed by atoms with E-state index in [0.717, 1.165) is 17.1 Å². The number of carbonyl (C=O) groups is 1. The lowest BCUT2D eigenvalue weighted by atomic mass is 10.2. The number of carbonyl (C=O) groups excluding carboxylic acids is 1. The highest BCUT2D eigenvalue weighted by atomic mass is 32.2. The van der Waals surface area contributed by atoms with Crippen molar-refractivity contribution in [1.82, 2.24) is 9.47 Å². The highest BCUT2D eigenvalue weighted by molar-refractivity contribution is 8.18. The molecule has 9 heteroatoms. The molecule has 2 aromatic carbocycles. The van der Waals surface area contributed by atoms with Crippen LogP contribution in [0.2, 0.25) is 0 Å². The van der Waals surface area contributed by atoms with Gasteiger partial charge in [-0.1, -0.05) is 6.08 Å². The largest absolute Gasteiger partial charge is 0.494 e. The van der Waals surface area contributed by atoms with E-state index < -0.39 is 4.92 Å². The molecule has 0 saturated carbocycles. The number of ether oxygens (including phenoxy) is 1. The second-order valence-corrected chi connectivity index (χ2v) is 8.22. The van der Waals surface area contributed by atoms with Gasteiger partial charge in [0.05, 0.1) is 22.1 Å². The number of amides is 1. The third-order valence-corrected chi connectivity index (χ3v) is 5.98. The summed E-state index contributed by atoms with van der Waals surface area (Å²) in [5, 5.41) is 11.5. The Hall–Kier alpha value is -4.11. The summed E-state index contributed by atoms with van der Waals surface area (Å²) in [6.07, 6.45) is 5.30. The monoisotopic (exact) mass is 474 g/mol. The Bertz CT molecular complexity index is 1280. The minimum absolute atomic E-state index is 0.0209. The zero-order chi connectivity index (χ0) is 24.1. The fraction of sp³-hybridized carbons (Fsp3) is 0.120. The molecule has 0 spiro atoms. The molecule has 3 aromatic rings. The normalized spacial score (nSPS) is 15.8. The molecule has 34 heavy (non-hydrogen) atoms. The SMILES string of the molecule is C=CCN1C(=O)/C(=C/c2cccn2-c2ccc([N+](=O)[O-])cc2)SC1=Nc1ccc(OCC)cc1. The van der Waals surface area contributed by atoms with Crippen LogP contribution < -0.4 is 4.74 Å². The molecule has 0 bridgehead atoms. The number of aliphatic imine (C=N–C) groups is 1. The standard InChI is InChI=1S/C25H22N4O4S/c1-3-15-28-24(30)23(34-25(28)26-18-7-13-22(14-8-18)33-4-2)17-21-6-5-16-27(21)19-9-11-20(12-10-19)29(31)32/h3,5-14,16-17H,1,4,15H2,2H3/b23-17-,26-25?. The minimum atomic E-state index is -0.435. The second kappa shape index (κ2) is 10.2. The molecule has 0 atom stereocenters. The lowest BCUT2D eigenvalue weighted by molar-refractivity contribution is -0.384. The number of rotatable bonds is 8. The third kappa shape index (κ3) is 4.94. The van der Waals surface area contributed by atoms with Gasteiger partial charge in [-0.3, -0.25) is 19.8 Å². The quantitative estimate of drug-likeness (QED) is 0.184. The van der Waals surface area contributed by atoms with E-state index in [9.17, 15) is 14.9 Å². The van der Waals surface area contributed by atoms with E-state index in [4.69, 9.17) is 4.74 Å². The molecule has 0 aliphatic carbocycles. The fourth-order valence-corrected chi connectivity index (χ4v) is 4.38. The number of hydrogen-bond acceptors (Lipinski definition) is 6. The molecule has 172 valence electrons. The molecule has 0 radical (unpaired) electrons. The van der Waals surface area contributed by atoms with Crippen molar-refractivity contribution >= 4 is 40.3 Å². The number of nitro benzene ring substituents is 1. The van der Waals surface area contributed by atoms with Gasteiger partial charge in [0, 0.05) is 36.3 Å². The van der Waals surface area contributed by atoms with Crippen LogP contribution in [-0.4, -0.2) is 38.6 Å². The molecule has 1 aromatic heterocycles. The smallest absolute Gasteiger partial charge is 0.269 e. The van der Waals surface area contributed by atoms with Crippen LogP contribution in [0.3, 0.4) is 0 Å². The van der Waals surface area contributed by atoms with Gasteiger partial charge in [0.15, 0.2) is 5.17 Å². The van der Waals surface area contributed by atoms with E-state index in [2.05, 4.69) is 11.6 Å². The zero-order valence-corrected chi connectivity index (χ0v) is 19.3. The number of thioether (sulfide) groups is 1. The molecule has 1 amide bonds. The van der Waals surface area contributed by atoms with Gasteiger partial charge in [0.1, 0.15) is 5.75 Å². The van der Waals surface area contributed by atoms with Crippen molar-refractivity contribution in [2.24, 2.45) is 4.99 Å². The topological polar surface area (TPSA) is 90.0 Å². The van der Waals surface area contributed by atoms with Crippen molar-refractivity contribution in [1.29, 1.82) is 0 Å². The lowest BCUT2D eigenvalue weighted by Gasteiger charge is -2.12. The fourth-order valence-electron chi connectivity index (χ4n) is 3.39. The molecule has 4 rings (SSSR count). The van der Waals surface area contributed by atoms with E-state index in [1.165, 1.54) is 23.9 Å². The van der Waals surface area contributed by atoms with Crippen LogP contribution in [0.4, 0.5) is 11.4 Å². The van der Waals surface area contributed by atoms with Crippen molar-refractivity contribution < 1.29 is 14.5 Å². The summed E-state index contributed by atoms with van der Waals surface area (Å²) in [6, 6.07) is 17.4. The van der Waals surface area contributed by atoms with Crippen molar-refractivity contribution in [2.45, 2.75) is 6.92 Å². The molecular formula is C25H22N4O4S. The Morgan fingerprint density at radius 1 is 1.15 bits per heavy atom. The third-order valence-electron chi connectivity index (χ3n) is 4.97. The van der Waals surface area contributed by atoms with Gasteiger partial charge < -0.3 is 9.30 Å². The Morgan fingerprint density at radius 3 is 2.53 bits per heavy atom. The van der Waals surface area contributed by atoms with Crippen LogP contribution in [0, 0.1) is 10.1 Å². The first kappa shape index (κ1) is 23.1. The number of non-ortho nitro benzene ring substituents is 1. The van der Waals surface area contributed by atoms with Crippen LogP contribution >= 0.6 is 11.8 Å². The van der Waals surface area contributed by atoms with E-state index in [-0.39, 0.29) is 11.6 Å². The molecule has 1 aliphatic rings. The van der Waals surface area contributed by atoms with Gasteiger partial charge in [-0.25, -0.2) is 4.99 Å². The first-order chi connectivity index (χ1) is 16.5. The van der Waals surface area contributed by atoms with E-state index >= 15 is 0 Å². The summed E-state index contributed by atoms with van der Waals surface area (Å²) >= 11 is 1.29. The van der Waals surface area contributed by atoms with Gasteiger partial charge >= 0.3 is 0 Å². The van der Waals surface area contributed by atoms with Crippen LogP contribution in [0.25, 0.3) is 11.8 Å². The van der Waals surface area contributed by atoms with Gasteiger partial charge in [-0.05, 0) is 73.3 Å². The maximum absolute atomic E-state index is 13.1. The summed E-state index contributed by atoms with van der Waals surface area (Å²) in [5.74, 6) is 0.600. The summed E-state index contributed by atoms with van der Waals surface area (Å²) in [7, 11) is 0. The lowest BCUT2D eigenvalue weighted by Crippen LogP contribution is -2.29. The highest BCUT2D eigenvalue weighted by Crippen LogP contribution is 2.35. The van der Waals surface area contributed by atoms with Gasteiger partial charge in [-0.2, -0.15) is 0 Å². The molecule has 2 heterocycles. The Kier molecular flexibility index (Phi) is 6.93. The number of nitro groups is 1. The predicted octanol–water partition coefficient (Wildman–Crippen LogP) is 5.57. The van der Waals surface area contributed by atoms with E-state index in [1.54, 1.807) is 29.2 Å². The summed E-state index contributed by atoms with van der Waals surface area (Å²) in [4.78, 5) is 30.4. The van der Waals surface area contributed by atoms with Crippen molar-refractivity contribution in [2.75, 3.05) is 13.2 Å². The molecule has 0 N–H and O–H groups in total. The Balaban J connectivity index is 1.63. The average molecular weight is 475 g/mol. The number of benzene rings is 2. The second-order valence-electron chi connectivity index (χ2n) is 7.21. The van der Waals surface area contributed by atoms with Gasteiger partial charge in [-0.15, -0.1) is 6.58 Å². The van der Waals surface area contributed by atoms with Crippen molar-refractivity contribution in [3.8, 4) is 11.4 Å². The van der Waals surface area contributed by atoms with Crippen LogP contribution in [-0.2, 0) is 4.79 Å². The van der Waals surface area contributed by atoms with E-state index in [1.807, 2.05) is 54.1 Å². The van der Waals surface area contributed by atoms with Crippen molar-refractivity contribution in [3.63, 3.8) is 0 Å². The number of hydrogen-bond donors (Lipinski definition) is 0. The van der Waals surface area contributed by atoms with E-state index in [0.29, 0.717) is 28.9 Å². The maximum atomic E-state index is 13.1. The average Bonchev–Trinajstić information content (AvgIpc) is 3.41. The number of aromatic nitrogens is 1. The van der Waals surface area contributed by atoms with Gasteiger partial charge in [0.25, 0.3) is 11.6 Å². The summed E-state index contributed by atoms with van der Waals surface area (Å²) < 4.78 is 7.34. The molecule has 1 saturated heterocycles. The Labute approximate surface area is 201 Å². The zero-order valence-electron chi connectivity index (χ0n) is 18.5. The summed E-state index contributed by atoms with van der Waals surface area (Å²) in [6.45, 7) is 6.60. The van der Waals surface area contributed by atoms with Gasteiger partial charge in [0.2, 0.25) is 0 Å². The molecule has 8 nitrogen and oxygen atoms in total. The van der Waals surface area contributed by atoms with Crippen LogP contribution in [0.1, 0.15) is 12.6 Å². The molecular weight excluding hydrogens is 452 g/mol. The number of amidine groups is 1. The maximum Gasteiger partial charge on any atom is 0.269 e. The van der Waals surface area contributed by atoms with Crippen LogP contribution in [0.5, 0.6) is 5.75 Å². The highest BCUT2D eigenvalue weighted by Gasteiger charge is 2.32. The minimum Gasteiger partial charge on any atom is -0.494 e. The Morgan fingerprint density at radius 2 is 1.88 bits per heavy atom. The number of nitrogens with zero attached hydrogens (tertiary/aromatic N) is 4. The molecule has 1 fully saturated rings. The predicted molar refractivity (Wildman–Crippen MR) is 135 cm³/mol. The van der Waals surface area contributed by atoms with Crippen molar-refractivity contribution in [3.05, 3.63) is 100 Å². The first-order valence-corrected chi connectivity index (χ1v) is 11.4. The molecule has 0 unspecified atom stereocenters. The summed E-state index contributed by atoms with van der Waals surface area (Å²) in [5.41, 5.74) is 2.26. The van der Waals surface area contributed by atoms with Crippen LogP contribution in [0.15, 0.2) is 89.4 Å².